The second-order valence-corrected chi connectivity index (χ2v) is 3.76. The summed E-state index contributed by atoms with van der Waals surface area (Å²) in [5, 5.41) is 20.2. The van der Waals surface area contributed by atoms with Crippen molar-refractivity contribution in [3.05, 3.63) is 21.9 Å². The molecule has 1 heterocycles. The van der Waals surface area contributed by atoms with Crippen LogP contribution in [0, 0.1) is 6.92 Å². The molecular formula is C8H13NO2S. The number of thiophene rings is 1. The lowest BCUT2D eigenvalue weighted by Crippen LogP contribution is -2.31. The molecule has 1 aromatic rings. The lowest BCUT2D eigenvalue weighted by molar-refractivity contribution is 0.112. The van der Waals surface area contributed by atoms with Gasteiger partial charge in [-0.3, -0.25) is 0 Å². The van der Waals surface area contributed by atoms with E-state index in [0.29, 0.717) is 0 Å². The average molecular weight is 187 g/mol. The fourth-order valence-corrected chi connectivity index (χ4v) is 1.88. The van der Waals surface area contributed by atoms with Gasteiger partial charge in [0.1, 0.15) is 6.10 Å². The third-order valence-electron chi connectivity index (χ3n) is 1.66. The van der Waals surface area contributed by atoms with Crippen LogP contribution in [0.5, 0.6) is 0 Å². The number of nitrogens with two attached hydrogens (primary N) is 1. The largest absolute Gasteiger partial charge is 0.395 e. The van der Waals surface area contributed by atoms with E-state index in [1.165, 1.54) is 11.3 Å². The molecule has 0 aliphatic carbocycles. The Kier molecular flexibility index (Phi) is 3.22. The number of hydrogen-bond acceptors (Lipinski definition) is 4. The average Bonchev–Trinajstić information content (AvgIpc) is 2.49. The molecule has 1 rings (SSSR count). The van der Waals surface area contributed by atoms with Crippen LogP contribution in [0.1, 0.15) is 16.5 Å². The smallest absolute Gasteiger partial charge is 0.105 e. The summed E-state index contributed by atoms with van der Waals surface area (Å²) < 4.78 is 0. The second kappa shape index (κ2) is 4.00. The Morgan fingerprint density at radius 1 is 1.67 bits per heavy atom. The Morgan fingerprint density at radius 2 is 2.33 bits per heavy atom. The van der Waals surface area contributed by atoms with Crippen LogP contribution < -0.4 is 5.73 Å². The van der Waals surface area contributed by atoms with E-state index in [1.54, 1.807) is 0 Å². The van der Waals surface area contributed by atoms with Gasteiger partial charge in [-0.05, 0) is 23.9 Å². The first kappa shape index (κ1) is 9.67. The Balaban J connectivity index is 2.70. The minimum Gasteiger partial charge on any atom is -0.395 e. The van der Waals surface area contributed by atoms with Crippen molar-refractivity contribution in [2.75, 3.05) is 6.61 Å². The number of aliphatic hydroxyl groups is 2. The monoisotopic (exact) mass is 187 g/mol. The maximum Gasteiger partial charge on any atom is 0.105 e. The minimum atomic E-state index is -0.742. The van der Waals surface area contributed by atoms with Crippen LogP contribution in [-0.4, -0.2) is 22.9 Å². The Morgan fingerprint density at radius 3 is 2.75 bits per heavy atom. The number of rotatable bonds is 3. The van der Waals surface area contributed by atoms with Crippen molar-refractivity contribution in [3.63, 3.8) is 0 Å². The predicted molar refractivity (Wildman–Crippen MR) is 49.1 cm³/mol. The van der Waals surface area contributed by atoms with E-state index in [0.717, 1.165) is 10.4 Å². The lowest BCUT2D eigenvalue weighted by atomic mass is 10.1. The highest BCUT2D eigenvalue weighted by Crippen LogP contribution is 2.23. The van der Waals surface area contributed by atoms with Gasteiger partial charge in [0, 0.05) is 4.88 Å². The number of aliphatic hydroxyl groups excluding tert-OH is 2. The summed E-state index contributed by atoms with van der Waals surface area (Å²) in [5.74, 6) is 0. The van der Waals surface area contributed by atoms with Gasteiger partial charge in [0.05, 0.1) is 12.6 Å². The lowest BCUT2D eigenvalue weighted by Gasteiger charge is -2.14. The first-order chi connectivity index (χ1) is 5.65. The quantitative estimate of drug-likeness (QED) is 0.642. The molecule has 2 atom stereocenters. The van der Waals surface area contributed by atoms with E-state index in [2.05, 4.69) is 0 Å². The molecule has 1 aromatic heterocycles. The standard InChI is InChI=1S/C8H13NO2S/c1-5-2-7(12-4-5)8(11)6(9)3-10/h2,4,6,8,10-11H,3,9H2,1H3/t6-,8-/m1/s1. The highest BCUT2D eigenvalue weighted by Gasteiger charge is 2.16. The van der Waals surface area contributed by atoms with Gasteiger partial charge in [0.25, 0.3) is 0 Å². The fraction of sp³-hybridized carbons (Fsp3) is 0.500. The Labute approximate surface area is 75.5 Å². The molecule has 68 valence electrons. The predicted octanol–water partition coefficient (Wildman–Crippen LogP) is 0.410. The zero-order valence-corrected chi connectivity index (χ0v) is 7.71. The van der Waals surface area contributed by atoms with Gasteiger partial charge in [0.2, 0.25) is 0 Å². The number of hydrogen-bond donors (Lipinski definition) is 3. The van der Waals surface area contributed by atoms with Crippen LogP contribution in [0.15, 0.2) is 11.4 Å². The molecule has 0 unspecified atom stereocenters. The zero-order valence-electron chi connectivity index (χ0n) is 6.90. The summed E-state index contributed by atoms with van der Waals surface area (Å²) in [7, 11) is 0. The molecule has 0 saturated carbocycles. The summed E-state index contributed by atoms with van der Waals surface area (Å²) in [6.45, 7) is 1.76. The number of aryl methyl sites for hydroxylation is 1. The normalized spacial score (nSPS) is 16.0. The van der Waals surface area contributed by atoms with Crippen LogP contribution in [0.4, 0.5) is 0 Å². The fourth-order valence-electron chi connectivity index (χ4n) is 0.919. The molecule has 3 nitrogen and oxygen atoms in total. The summed E-state index contributed by atoms with van der Waals surface area (Å²) in [6, 6.07) is 1.30. The molecule has 0 fully saturated rings. The molecule has 0 bridgehead atoms. The maximum atomic E-state index is 9.53. The Bertz CT molecular complexity index is 249. The van der Waals surface area contributed by atoms with E-state index in [4.69, 9.17) is 10.8 Å². The summed E-state index contributed by atoms with van der Waals surface area (Å²) in [6.07, 6.45) is -0.742. The molecule has 0 amide bonds. The van der Waals surface area contributed by atoms with Gasteiger partial charge in [-0.15, -0.1) is 11.3 Å². The molecule has 4 heteroatoms. The van der Waals surface area contributed by atoms with Crippen molar-refractivity contribution in [2.24, 2.45) is 5.73 Å². The summed E-state index contributed by atoms with van der Waals surface area (Å²) in [5.41, 5.74) is 6.57. The maximum absolute atomic E-state index is 9.53. The molecule has 0 radical (unpaired) electrons. The highest BCUT2D eigenvalue weighted by atomic mass is 32.1. The summed E-state index contributed by atoms with van der Waals surface area (Å²) in [4.78, 5) is 0.814. The van der Waals surface area contributed by atoms with E-state index in [1.807, 2.05) is 18.4 Å². The second-order valence-electron chi connectivity index (χ2n) is 2.82. The molecule has 12 heavy (non-hydrogen) atoms. The van der Waals surface area contributed by atoms with E-state index < -0.39 is 12.1 Å². The van der Waals surface area contributed by atoms with Crippen molar-refractivity contribution >= 4 is 11.3 Å². The molecule has 0 spiro atoms. The summed E-state index contributed by atoms with van der Waals surface area (Å²) >= 11 is 1.46. The van der Waals surface area contributed by atoms with Crippen LogP contribution in [0.25, 0.3) is 0 Å². The third-order valence-corrected chi connectivity index (χ3v) is 2.78. The molecule has 4 N–H and O–H groups in total. The van der Waals surface area contributed by atoms with Gasteiger partial charge >= 0.3 is 0 Å². The van der Waals surface area contributed by atoms with Crippen LogP contribution >= 0.6 is 11.3 Å². The van der Waals surface area contributed by atoms with Gasteiger partial charge in [-0.2, -0.15) is 0 Å². The first-order valence-electron chi connectivity index (χ1n) is 3.74. The van der Waals surface area contributed by atoms with Crippen LogP contribution in [0.3, 0.4) is 0 Å². The molecular weight excluding hydrogens is 174 g/mol. The molecule has 0 saturated heterocycles. The van der Waals surface area contributed by atoms with E-state index >= 15 is 0 Å². The van der Waals surface area contributed by atoms with Gasteiger partial charge in [0.15, 0.2) is 0 Å². The van der Waals surface area contributed by atoms with E-state index in [-0.39, 0.29) is 6.61 Å². The minimum absolute atomic E-state index is 0.196. The Hall–Kier alpha value is -0.420. The van der Waals surface area contributed by atoms with Crippen molar-refractivity contribution in [3.8, 4) is 0 Å². The third kappa shape index (κ3) is 2.04. The first-order valence-corrected chi connectivity index (χ1v) is 4.62. The zero-order chi connectivity index (χ0) is 9.14. The van der Waals surface area contributed by atoms with Crippen molar-refractivity contribution in [1.29, 1.82) is 0 Å². The van der Waals surface area contributed by atoms with Crippen molar-refractivity contribution < 1.29 is 10.2 Å². The highest BCUT2D eigenvalue weighted by molar-refractivity contribution is 7.10. The van der Waals surface area contributed by atoms with E-state index in [9.17, 15) is 5.11 Å². The van der Waals surface area contributed by atoms with Crippen LogP contribution in [-0.2, 0) is 0 Å². The van der Waals surface area contributed by atoms with Gasteiger partial charge < -0.3 is 15.9 Å². The molecule has 0 aliphatic heterocycles. The van der Waals surface area contributed by atoms with Gasteiger partial charge in [-0.25, -0.2) is 0 Å². The molecule has 0 aromatic carbocycles. The van der Waals surface area contributed by atoms with Gasteiger partial charge in [-0.1, -0.05) is 0 Å². The topological polar surface area (TPSA) is 66.5 Å². The van der Waals surface area contributed by atoms with Crippen molar-refractivity contribution in [1.82, 2.24) is 0 Å². The SMILES string of the molecule is Cc1csc([C@H](O)[C@H](N)CO)c1. The van der Waals surface area contributed by atoms with Crippen LogP contribution in [0.2, 0.25) is 0 Å². The molecule has 0 aliphatic rings. The van der Waals surface area contributed by atoms with Crippen molar-refractivity contribution in [2.45, 2.75) is 19.1 Å².